The first kappa shape index (κ1) is 14.1. The lowest BCUT2D eigenvalue weighted by molar-refractivity contribution is 0.126. The van der Waals surface area contributed by atoms with E-state index in [0.29, 0.717) is 31.4 Å². The molecule has 1 saturated carbocycles. The molecule has 2 unspecified atom stereocenters. The van der Waals surface area contributed by atoms with Gasteiger partial charge in [0.2, 0.25) is 0 Å². The van der Waals surface area contributed by atoms with Crippen LogP contribution < -0.4 is 5.32 Å². The van der Waals surface area contributed by atoms with Gasteiger partial charge < -0.3 is 14.5 Å². The van der Waals surface area contributed by atoms with Crippen molar-refractivity contribution < 1.29 is 17.6 Å². The van der Waals surface area contributed by atoms with Gasteiger partial charge in [-0.15, -0.1) is 0 Å². The molecule has 2 aliphatic rings. The highest BCUT2D eigenvalue weighted by Crippen LogP contribution is 2.25. The number of rotatable bonds is 6. The fourth-order valence-corrected chi connectivity index (χ4v) is 4.50. The average Bonchev–Trinajstić information content (AvgIpc) is 2.95. The number of ether oxygens (including phenoxy) is 1. The zero-order valence-corrected chi connectivity index (χ0v) is 12.5. The summed E-state index contributed by atoms with van der Waals surface area (Å²) in [6.45, 7) is 3.02. The van der Waals surface area contributed by atoms with Crippen molar-refractivity contribution in [1.29, 1.82) is 0 Å². The first-order valence-corrected chi connectivity index (χ1v) is 8.90. The number of nitrogens with one attached hydrogen (secondary N) is 1. The van der Waals surface area contributed by atoms with Crippen LogP contribution >= 0.6 is 0 Å². The summed E-state index contributed by atoms with van der Waals surface area (Å²) in [4.78, 5) is 0. The molecule has 0 spiro atoms. The predicted molar refractivity (Wildman–Crippen MR) is 75.0 cm³/mol. The van der Waals surface area contributed by atoms with Gasteiger partial charge in [-0.3, -0.25) is 0 Å². The summed E-state index contributed by atoms with van der Waals surface area (Å²) >= 11 is 0. The van der Waals surface area contributed by atoms with Crippen LogP contribution in [0.5, 0.6) is 0 Å². The highest BCUT2D eigenvalue weighted by Gasteiger charge is 2.36. The lowest BCUT2D eigenvalue weighted by atomic mass is 10.3. The van der Waals surface area contributed by atoms with Gasteiger partial charge >= 0.3 is 0 Å². The maximum absolute atomic E-state index is 12.3. The Kier molecular flexibility index (Phi) is 3.88. The summed E-state index contributed by atoms with van der Waals surface area (Å²) in [5, 5.41) is 2.95. The van der Waals surface area contributed by atoms with E-state index in [4.69, 9.17) is 9.15 Å². The van der Waals surface area contributed by atoms with Gasteiger partial charge in [0.15, 0.2) is 9.84 Å². The normalized spacial score (nSPS) is 27.1. The summed E-state index contributed by atoms with van der Waals surface area (Å²) < 4.78 is 35.6. The van der Waals surface area contributed by atoms with Crippen LogP contribution in [0.2, 0.25) is 0 Å². The Labute approximate surface area is 119 Å². The minimum absolute atomic E-state index is 0.0329. The second-order valence-electron chi connectivity index (χ2n) is 5.73. The van der Waals surface area contributed by atoms with E-state index in [1.807, 2.05) is 13.0 Å². The molecule has 3 rings (SSSR count). The third-order valence-corrected chi connectivity index (χ3v) is 6.20. The monoisotopic (exact) mass is 299 g/mol. The second kappa shape index (κ2) is 5.50. The van der Waals surface area contributed by atoms with Crippen molar-refractivity contribution in [2.45, 2.75) is 55.9 Å². The largest absolute Gasteiger partial charge is 0.464 e. The van der Waals surface area contributed by atoms with Crippen molar-refractivity contribution in [3.63, 3.8) is 0 Å². The van der Waals surface area contributed by atoms with E-state index in [2.05, 4.69) is 5.32 Å². The number of hydrogen-bond donors (Lipinski definition) is 1. The smallest absolute Gasteiger partial charge is 0.163 e. The molecule has 2 atom stereocenters. The first-order chi connectivity index (χ1) is 9.54. The maximum atomic E-state index is 12.3. The number of sulfone groups is 1. The Balaban J connectivity index is 1.61. The van der Waals surface area contributed by atoms with Crippen molar-refractivity contribution >= 4 is 9.84 Å². The average molecular weight is 299 g/mol. The molecule has 20 heavy (non-hydrogen) atoms. The van der Waals surface area contributed by atoms with Gasteiger partial charge in [-0.1, -0.05) is 0 Å². The molecule has 2 fully saturated rings. The Hall–Kier alpha value is -0.850. The Morgan fingerprint density at radius 3 is 2.65 bits per heavy atom. The molecule has 0 amide bonds. The molecular weight excluding hydrogens is 278 g/mol. The van der Waals surface area contributed by atoms with Gasteiger partial charge in [0.05, 0.1) is 17.9 Å². The van der Waals surface area contributed by atoms with Gasteiger partial charge in [-0.25, -0.2) is 8.42 Å². The standard InChI is InChI=1S/C14H21NO4S/c1-10-14(6-7-18-10)20(16,17)9-13-5-4-12(19-13)8-15-11-2-3-11/h4-5,10-11,14-15H,2-3,6-9H2,1H3. The van der Waals surface area contributed by atoms with E-state index in [1.165, 1.54) is 12.8 Å². The predicted octanol–water partition coefficient (Wildman–Crippen LogP) is 1.62. The van der Waals surface area contributed by atoms with Crippen molar-refractivity contribution in [3.8, 4) is 0 Å². The fourth-order valence-electron chi connectivity index (χ4n) is 2.62. The van der Waals surface area contributed by atoms with E-state index in [-0.39, 0.29) is 11.9 Å². The molecule has 5 nitrogen and oxygen atoms in total. The molecule has 1 aliphatic heterocycles. The van der Waals surface area contributed by atoms with E-state index in [0.717, 1.165) is 5.76 Å². The molecule has 1 saturated heterocycles. The minimum atomic E-state index is -3.21. The summed E-state index contributed by atoms with van der Waals surface area (Å²) in [6.07, 6.45) is 2.81. The molecule has 1 aromatic heterocycles. The van der Waals surface area contributed by atoms with Gasteiger partial charge in [0, 0.05) is 12.6 Å². The molecule has 1 N–H and O–H groups in total. The summed E-state index contributed by atoms with van der Waals surface area (Å²) in [6, 6.07) is 4.24. The molecular formula is C14H21NO4S. The topological polar surface area (TPSA) is 68.5 Å². The molecule has 2 heterocycles. The van der Waals surface area contributed by atoms with Crippen LogP contribution in [0.15, 0.2) is 16.5 Å². The van der Waals surface area contributed by atoms with Gasteiger partial charge in [-0.2, -0.15) is 0 Å². The second-order valence-corrected chi connectivity index (χ2v) is 7.95. The first-order valence-electron chi connectivity index (χ1n) is 7.19. The fraction of sp³-hybridized carbons (Fsp3) is 0.714. The Morgan fingerprint density at radius 2 is 2.00 bits per heavy atom. The van der Waals surface area contributed by atoms with Gasteiger partial charge in [0.25, 0.3) is 0 Å². The van der Waals surface area contributed by atoms with Crippen LogP contribution in [0.1, 0.15) is 37.7 Å². The quantitative estimate of drug-likeness (QED) is 0.864. The van der Waals surface area contributed by atoms with Crippen molar-refractivity contribution in [2.24, 2.45) is 0 Å². The summed E-state index contributed by atoms with van der Waals surface area (Å²) in [5.74, 6) is 1.30. The minimum Gasteiger partial charge on any atom is -0.464 e. The van der Waals surface area contributed by atoms with Crippen molar-refractivity contribution in [3.05, 3.63) is 23.7 Å². The molecule has 112 valence electrons. The Morgan fingerprint density at radius 1 is 1.25 bits per heavy atom. The zero-order valence-electron chi connectivity index (χ0n) is 11.7. The van der Waals surface area contributed by atoms with Crippen LogP contribution in [-0.4, -0.2) is 32.4 Å². The number of furan rings is 1. The SMILES string of the molecule is CC1OCCC1S(=O)(=O)Cc1ccc(CNC2CC2)o1. The molecule has 0 bridgehead atoms. The van der Waals surface area contributed by atoms with Crippen LogP contribution in [0, 0.1) is 0 Å². The zero-order chi connectivity index (χ0) is 14.2. The third kappa shape index (κ3) is 3.24. The molecule has 0 aromatic carbocycles. The van der Waals surface area contributed by atoms with E-state index >= 15 is 0 Å². The lowest BCUT2D eigenvalue weighted by Gasteiger charge is -2.13. The number of hydrogen-bond acceptors (Lipinski definition) is 5. The Bertz CT molecular complexity index is 561. The molecule has 1 aliphatic carbocycles. The van der Waals surface area contributed by atoms with Gasteiger partial charge in [0.1, 0.15) is 17.3 Å². The van der Waals surface area contributed by atoms with E-state index < -0.39 is 15.1 Å². The molecule has 1 aromatic rings. The highest BCUT2D eigenvalue weighted by molar-refractivity contribution is 7.91. The van der Waals surface area contributed by atoms with Crippen molar-refractivity contribution in [2.75, 3.05) is 6.61 Å². The van der Waals surface area contributed by atoms with E-state index in [9.17, 15) is 8.42 Å². The molecule has 0 radical (unpaired) electrons. The highest BCUT2D eigenvalue weighted by atomic mass is 32.2. The van der Waals surface area contributed by atoms with Gasteiger partial charge in [-0.05, 0) is 38.3 Å². The van der Waals surface area contributed by atoms with Crippen LogP contribution in [0.25, 0.3) is 0 Å². The molecule has 6 heteroatoms. The van der Waals surface area contributed by atoms with E-state index in [1.54, 1.807) is 6.07 Å². The van der Waals surface area contributed by atoms with Crippen LogP contribution in [0.3, 0.4) is 0 Å². The maximum Gasteiger partial charge on any atom is 0.163 e. The third-order valence-electron chi connectivity index (χ3n) is 3.97. The van der Waals surface area contributed by atoms with Crippen LogP contribution in [-0.2, 0) is 26.9 Å². The summed E-state index contributed by atoms with van der Waals surface area (Å²) in [5.41, 5.74) is 0. The van der Waals surface area contributed by atoms with Crippen molar-refractivity contribution in [1.82, 2.24) is 5.32 Å². The lowest BCUT2D eigenvalue weighted by Crippen LogP contribution is -2.29. The van der Waals surface area contributed by atoms with Crippen LogP contribution in [0.4, 0.5) is 0 Å². The summed E-state index contributed by atoms with van der Waals surface area (Å²) in [7, 11) is -3.21.